The molecule has 1 amide bonds. The third-order valence-corrected chi connectivity index (χ3v) is 6.26. The van der Waals surface area contributed by atoms with Crippen molar-refractivity contribution in [1.29, 1.82) is 0 Å². The number of rotatable bonds is 5. The Balaban J connectivity index is 1.64. The van der Waals surface area contributed by atoms with Crippen molar-refractivity contribution >= 4 is 22.6 Å². The summed E-state index contributed by atoms with van der Waals surface area (Å²) < 4.78 is 30.0. The van der Waals surface area contributed by atoms with Crippen LogP contribution in [0.15, 0.2) is 24.5 Å². The Kier molecular flexibility index (Phi) is 4.01. The number of nitrogens with one attached hydrogen (secondary N) is 1. The van der Waals surface area contributed by atoms with E-state index in [4.69, 9.17) is 0 Å². The predicted molar refractivity (Wildman–Crippen MR) is 109 cm³/mol. The predicted octanol–water partition coefficient (Wildman–Crippen LogP) is 4.67. The lowest BCUT2D eigenvalue weighted by Gasteiger charge is -2.11. The number of hydrogen-bond acceptors (Lipinski definition) is 4. The Morgan fingerprint density at radius 3 is 2.73 bits per heavy atom. The van der Waals surface area contributed by atoms with Gasteiger partial charge in [0.05, 0.1) is 17.4 Å². The number of amides is 1. The molecule has 8 heteroatoms. The van der Waals surface area contributed by atoms with Crippen LogP contribution in [-0.4, -0.2) is 25.4 Å². The van der Waals surface area contributed by atoms with Gasteiger partial charge in [-0.05, 0) is 49.7 Å². The van der Waals surface area contributed by atoms with Crippen LogP contribution in [0.25, 0.3) is 22.2 Å². The van der Waals surface area contributed by atoms with Crippen molar-refractivity contribution in [2.45, 2.75) is 52.5 Å². The highest BCUT2D eigenvalue weighted by atomic mass is 19.3. The first kappa shape index (κ1) is 19.1. The van der Waals surface area contributed by atoms with Gasteiger partial charge in [-0.2, -0.15) is 8.78 Å². The Hall–Kier alpha value is -2.90. The first-order valence-corrected chi connectivity index (χ1v) is 10.2. The minimum Gasteiger partial charge on any atom is -0.345 e. The number of aromatic nitrogens is 4. The minimum atomic E-state index is -3.13. The molecule has 30 heavy (non-hydrogen) atoms. The van der Waals surface area contributed by atoms with Gasteiger partial charge in [0.25, 0.3) is 0 Å². The van der Waals surface area contributed by atoms with Gasteiger partial charge in [0, 0.05) is 43.2 Å². The standard InChI is InChI=1S/C22H23F2N5O/c1-12-6-17(28-20(26-12)21(3,23)24)16-11-29(10-14-8-22(14)4-5-22)18-9-25-19(7-15(16)18)27-13(2)30/h6-7,9,11,14H,4-5,8,10H2,1-3H3,(H,25,27,30). The fraction of sp³-hybridized carbons (Fsp3) is 0.455. The van der Waals surface area contributed by atoms with E-state index in [9.17, 15) is 13.6 Å². The number of fused-ring (bicyclic) bond motifs is 1. The molecule has 3 aromatic heterocycles. The molecule has 0 aliphatic heterocycles. The van der Waals surface area contributed by atoms with Crippen LogP contribution >= 0.6 is 0 Å². The van der Waals surface area contributed by atoms with E-state index in [0.29, 0.717) is 28.5 Å². The lowest BCUT2D eigenvalue weighted by atomic mass is 10.1. The highest BCUT2D eigenvalue weighted by molar-refractivity contribution is 5.98. The summed E-state index contributed by atoms with van der Waals surface area (Å²) in [5, 5.41) is 3.52. The summed E-state index contributed by atoms with van der Waals surface area (Å²) >= 11 is 0. The number of halogens is 2. The van der Waals surface area contributed by atoms with E-state index in [-0.39, 0.29) is 5.91 Å². The molecule has 2 fully saturated rings. The summed E-state index contributed by atoms with van der Waals surface area (Å²) in [7, 11) is 0. The molecule has 1 atom stereocenters. The van der Waals surface area contributed by atoms with Crippen molar-refractivity contribution < 1.29 is 13.6 Å². The van der Waals surface area contributed by atoms with E-state index >= 15 is 0 Å². The highest BCUT2D eigenvalue weighted by Gasteiger charge is 2.62. The summed E-state index contributed by atoms with van der Waals surface area (Å²) in [6, 6.07) is 3.50. The molecule has 0 saturated heterocycles. The molecular weight excluding hydrogens is 388 g/mol. The maximum absolute atomic E-state index is 13.9. The van der Waals surface area contributed by atoms with Crippen LogP contribution < -0.4 is 5.32 Å². The Bertz CT molecular complexity index is 1180. The molecule has 1 spiro atoms. The normalized spacial score (nSPS) is 19.3. The first-order valence-electron chi connectivity index (χ1n) is 10.2. The summed E-state index contributed by atoms with van der Waals surface area (Å²) in [6.45, 7) is 4.78. The van der Waals surface area contributed by atoms with Gasteiger partial charge >= 0.3 is 5.92 Å². The lowest BCUT2D eigenvalue weighted by molar-refractivity contribution is -0.114. The van der Waals surface area contributed by atoms with Crippen molar-refractivity contribution in [3.8, 4) is 11.3 Å². The maximum Gasteiger partial charge on any atom is 0.303 e. The third-order valence-electron chi connectivity index (χ3n) is 6.26. The van der Waals surface area contributed by atoms with Crippen molar-refractivity contribution in [2.24, 2.45) is 11.3 Å². The molecule has 0 radical (unpaired) electrons. The zero-order valence-corrected chi connectivity index (χ0v) is 17.2. The van der Waals surface area contributed by atoms with E-state index in [0.717, 1.165) is 29.9 Å². The molecule has 1 unspecified atom stereocenters. The first-order chi connectivity index (χ1) is 14.1. The fourth-order valence-corrected chi connectivity index (χ4v) is 4.39. The van der Waals surface area contributed by atoms with Crippen molar-refractivity contribution in [3.05, 3.63) is 36.0 Å². The van der Waals surface area contributed by atoms with E-state index in [1.54, 1.807) is 25.3 Å². The largest absolute Gasteiger partial charge is 0.345 e. The smallest absolute Gasteiger partial charge is 0.303 e. The summed E-state index contributed by atoms with van der Waals surface area (Å²) in [6.07, 6.45) is 7.55. The molecular formula is C22H23F2N5O. The third kappa shape index (κ3) is 3.34. The van der Waals surface area contributed by atoms with Crippen molar-refractivity contribution in [2.75, 3.05) is 5.32 Å². The van der Waals surface area contributed by atoms with Crippen LogP contribution in [-0.2, 0) is 17.3 Å². The SMILES string of the molecule is CC(=O)Nc1cc2c(-c3cc(C)nc(C(C)(F)F)n3)cn(CC3CC34CC4)c2cn1. The van der Waals surface area contributed by atoms with Gasteiger partial charge in [-0.25, -0.2) is 15.0 Å². The molecule has 3 heterocycles. The van der Waals surface area contributed by atoms with Crippen LogP contribution in [0.2, 0.25) is 0 Å². The zero-order chi connectivity index (χ0) is 21.3. The van der Waals surface area contributed by atoms with Gasteiger partial charge in [0.1, 0.15) is 5.82 Å². The van der Waals surface area contributed by atoms with E-state index in [1.807, 2.05) is 6.20 Å². The number of anilines is 1. The number of alkyl halides is 2. The van der Waals surface area contributed by atoms with Crippen LogP contribution in [0.5, 0.6) is 0 Å². The second-order valence-corrected chi connectivity index (χ2v) is 8.83. The summed E-state index contributed by atoms with van der Waals surface area (Å²) in [5.41, 5.74) is 3.11. The average molecular weight is 411 g/mol. The number of hydrogen-bond donors (Lipinski definition) is 1. The summed E-state index contributed by atoms with van der Waals surface area (Å²) in [5.74, 6) is -2.77. The van der Waals surface area contributed by atoms with Gasteiger partial charge in [-0.15, -0.1) is 0 Å². The number of pyridine rings is 1. The number of nitrogens with zero attached hydrogens (tertiary/aromatic N) is 4. The van der Waals surface area contributed by atoms with Gasteiger partial charge in [0.2, 0.25) is 5.91 Å². The molecule has 0 aromatic carbocycles. The molecule has 5 rings (SSSR count). The van der Waals surface area contributed by atoms with Gasteiger partial charge in [0.15, 0.2) is 5.82 Å². The topological polar surface area (TPSA) is 72.7 Å². The zero-order valence-electron chi connectivity index (χ0n) is 17.2. The molecule has 3 aromatic rings. The molecule has 0 bridgehead atoms. The Morgan fingerprint density at radius 2 is 2.10 bits per heavy atom. The molecule has 2 aliphatic carbocycles. The van der Waals surface area contributed by atoms with Gasteiger partial charge in [-0.3, -0.25) is 4.79 Å². The van der Waals surface area contributed by atoms with Crippen LogP contribution in [0.4, 0.5) is 14.6 Å². The van der Waals surface area contributed by atoms with E-state index in [2.05, 4.69) is 24.8 Å². The molecule has 156 valence electrons. The van der Waals surface area contributed by atoms with Gasteiger partial charge < -0.3 is 9.88 Å². The fourth-order valence-electron chi connectivity index (χ4n) is 4.39. The molecule has 1 N–H and O–H groups in total. The Morgan fingerprint density at radius 1 is 1.33 bits per heavy atom. The molecule has 2 saturated carbocycles. The van der Waals surface area contributed by atoms with Crippen LogP contribution in [0.1, 0.15) is 44.6 Å². The van der Waals surface area contributed by atoms with Crippen LogP contribution in [0, 0.1) is 18.3 Å². The maximum atomic E-state index is 13.9. The molecule has 6 nitrogen and oxygen atoms in total. The average Bonchev–Trinajstić information content (AvgIpc) is 3.54. The highest BCUT2D eigenvalue weighted by Crippen LogP contribution is 2.71. The van der Waals surface area contributed by atoms with E-state index < -0.39 is 11.7 Å². The second-order valence-electron chi connectivity index (χ2n) is 8.83. The lowest BCUT2D eigenvalue weighted by Crippen LogP contribution is -2.13. The van der Waals surface area contributed by atoms with Crippen molar-refractivity contribution in [3.63, 3.8) is 0 Å². The summed E-state index contributed by atoms with van der Waals surface area (Å²) in [4.78, 5) is 23.9. The molecule has 2 aliphatic rings. The second kappa shape index (κ2) is 6.30. The quantitative estimate of drug-likeness (QED) is 0.662. The monoisotopic (exact) mass is 411 g/mol. The van der Waals surface area contributed by atoms with Gasteiger partial charge in [-0.1, -0.05) is 0 Å². The number of carbonyl (C=O) groups is 1. The minimum absolute atomic E-state index is 0.220. The van der Waals surface area contributed by atoms with E-state index in [1.165, 1.54) is 26.2 Å². The number of aryl methyl sites for hydroxylation is 1. The Labute approximate surface area is 172 Å². The van der Waals surface area contributed by atoms with Crippen LogP contribution in [0.3, 0.4) is 0 Å². The van der Waals surface area contributed by atoms with Crippen molar-refractivity contribution in [1.82, 2.24) is 19.5 Å². The number of carbonyl (C=O) groups excluding carboxylic acids is 1.